The molecule has 0 fully saturated rings. The van der Waals surface area contributed by atoms with Gasteiger partial charge in [0, 0.05) is 22.3 Å². The van der Waals surface area contributed by atoms with Crippen LogP contribution in [0, 0.1) is 11.8 Å². The van der Waals surface area contributed by atoms with Crippen LogP contribution in [0.2, 0.25) is 0 Å². The minimum absolute atomic E-state index is 0.0416. The van der Waals surface area contributed by atoms with E-state index in [1.54, 1.807) is 0 Å². The minimum atomic E-state index is 0.0416. The van der Waals surface area contributed by atoms with Gasteiger partial charge >= 0.3 is 0 Å². The van der Waals surface area contributed by atoms with E-state index < -0.39 is 0 Å². The van der Waals surface area contributed by atoms with E-state index in [4.69, 9.17) is 0 Å². The number of allylic oxidation sites excluding steroid dienone is 4. The zero-order valence-electron chi connectivity index (χ0n) is 20.6. The fourth-order valence-corrected chi connectivity index (χ4v) is 6.47. The predicted octanol–water partition coefficient (Wildman–Crippen LogP) is 8.64. The molecule has 2 atom stereocenters. The molecule has 2 aromatic carbocycles. The summed E-state index contributed by atoms with van der Waals surface area (Å²) >= 11 is 0. The molecule has 2 aromatic rings. The largest absolute Gasteiger partial charge is 0.340 e. The van der Waals surface area contributed by atoms with Gasteiger partial charge in [0.2, 0.25) is 0 Å². The lowest BCUT2D eigenvalue weighted by Crippen LogP contribution is -2.42. The summed E-state index contributed by atoms with van der Waals surface area (Å²) in [6.07, 6.45) is 15.4. The first kappa shape index (κ1) is 21.6. The third-order valence-electron chi connectivity index (χ3n) is 8.00. The Morgan fingerprint density at radius 3 is 2.38 bits per heavy atom. The van der Waals surface area contributed by atoms with Gasteiger partial charge in [-0.25, -0.2) is 0 Å². The SMILES string of the molecule is CC1(C)c2ccccc2-c2ccc(N(C3=CC(C4C=CCCC4)CCC3)C(C)(C)C)cc21. The van der Waals surface area contributed by atoms with Gasteiger partial charge in [-0.15, -0.1) is 0 Å². The Balaban J connectivity index is 1.56. The maximum absolute atomic E-state index is 2.64. The number of fused-ring (bicyclic) bond motifs is 3. The number of benzene rings is 2. The molecular formula is C31H39N. The molecule has 3 aliphatic carbocycles. The number of rotatable bonds is 3. The molecule has 0 radical (unpaired) electrons. The van der Waals surface area contributed by atoms with Crippen LogP contribution in [0.3, 0.4) is 0 Å². The molecule has 0 saturated heterocycles. The van der Waals surface area contributed by atoms with Crippen molar-refractivity contribution in [2.45, 2.75) is 84.1 Å². The van der Waals surface area contributed by atoms with Crippen LogP contribution in [0.25, 0.3) is 11.1 Å². The van der Waals surface area contributed by atoms with E-state index >= 15 is 0 Å². The number of hydrogen-bond acceptors (Lipinski definition) is 1. The van der Waals surface area contributed by atoms with Gasteiger partial charge < -0.3 is 4.90 Å². The van der Waals surface area contributed by atoms with E-state index in [1.807, 2.05) is 0 Å². The topological polar surface area (TPSA) is 3.24 Å². The number of anilines is 1. The van der Waals surface area contributed by atoms with Gasteiger partial charge in [-0.05, 0) is 106 Å². The van der Waals surface area contributed by atoms with Crippen LogP contribution in [0.15, 0.2) is 66.4 Å². The maximum Gasteiger partial charge on any atom is 0.0416 e. The summed E-state index contributed by atoms with van der Waals surface area (Å²) in [5, 5.41) is 0. The van der Waals surface area contributed by atoms with Gasteiger partial charge in [-0.2, -0.15) is 0 Å². The van der Waals surface area contributed by atoms with E-state index in [0.29, 0.717) is 5.92 Å². The Labute approximate surface area is 195 Å². The first-order chi connectivity index (χ1) is 15.3. The summed E-state index contributed by atoms with van der Waals surface area (Å²) in [6, 6.07) is 16.2. The minimum Gasteiger partial charge on any atom is -0.340 e. The lowest BCUT2D eigenvalue weighted by Gasteiger charge is -2.42. The first-order valence-electron chi connectivity index (χ1n) is 12.7. The molecular weight excluding hydrogens is 386 g/mol. The number of hydrogen-bond donors (Lipinski definition) is 0. The molecule has 0 aliphatic heterocycles. The molecule has 168 valence electrons. The van der Waals surface area contributed by atoms with Crippen molar-refractivity contribution >= 4 is 5.69 Å². The van der Waals surface area contributed by atoms with Gasteiger partial charge in [0.15, 0.2) is 0 Å². The predicted molar refractivity (Wildman–Crippen MR) is 138 cm³/mol. The van der Waals surface area contributed by atoms with Crippen molar-refractivity contribution in [2.24, 2.45) is 11.8 Å². The molecule has 3 aliphatic rings. The zero-order chi connectivity index (χ0) is 22.5. The Hall–Kier alpha value is -2.28. The molecule has 0 spiro atoms. The Morgan fingerprint density at radius 1 is 0.875 bits per heavy atom. The molecule has 5 rings (SSSR count). The van der Waals surface area contributed by atoms with Crippen molar-refractivity contribution in [3.8, 4) is 11.1 Å². The highest BCUT2D eigenvalue weighted by Crippen LogP contribution is 2.50. The third kappa shape index (κ3) is 3.64. The highest BCUT2D eigenvalue weighted by atomic mass is 15.2. The normalized spacial score (nSPS) is 24.0. The smallest absolute Gasteiger partial charge is 0.0416 e. The van der Waals surface area contributed by atoms with Crippen molar-refractivity contribution < 1.29 is 0 Å². The fraction of sp³-hybridized carbons (Fsp3) is 0.484. The van der Waals surface area contributed by atoms with Crippen LogP contribution >= 0.6 is 0 Å². The van der Waals surface area contributed by atoms with E-state index in [2.05, 4.69) is 100 Å². The first-order valence-corrected chi connectivity index (χ1v) is 12.7. The summed E-state index contributed by atoms with van der Waals surface area (Å²) in [7, 11) is 0. The summed E-state index contributed by atoms with van der Waals surface area (Å²) < 4.78 is 0. The van der Waals surface area contributed by atoms with Crippen LogP contribution < -0.4 is 4.90 Å². The van der Waals surface area contributed by atoms with Crippen molar-refractivity contribution in [3.05, 3.63) is 77.5 Å². The second-order valence-corrected chi connectivity index (χ2v) is 11.6. The highest BCUT2D eigenvalue weighted by molar-refractivity contribution is 5.82. The second-order valence-electron chi connectivity index (χ2n) is 11.6. The molecule has 0 N–H and O–H groups in total. The standard InChI is InChI=1S/C31H39N/c1-30(2,3)32(24-15-11-14-23(20-24)22-12-7-6-8-13-22)25-18-19-27-26-16-9-10-17-28(26)31(4,5)29(27)21-25/h7,9-10,12,16-23H,6,8,11,13-15H2,1-5H3. The van der Waals surface area contributed by atoms with Crippen molar-refractivity contribution in [3.63, 3.8) is 0 Å². The highest BCUT2D eigenvalue weighted by Gasteiger charge is 2.37. The van der Waals surface area contributed by atoms with Crippen LogP contribution in [-0.2, 0) is 5.41 Å². The van der Waals surface area contributed by atoms with Crippen LogP contribution in [0.4, 0.5) is 5.69 Å². The molecule has 1 nitrogen and oxygen atoms in total. The van der Waals surface area contributed by atoms with Gasteiger partial charge in [0.25, 0.3) is 0 Å². The van der Waals surface area contributed by atoms with E-state index in [9.17, 15) is 0 Å². The summed E-state index contributed by atoms with van der Waals surface area (Å²) in [6.45, 7) is 11.9. The molecule has 0 bridgehead atoms. The molecule has 0 saturated carbocycles. The molecule has 1 heteroatoms. The summed E-state index contributed by atoms with van der Waals surface area (Å²) in [5.74, 6) is 1.42. The number of nitrogens with zero attached hydrogens (tertiary/aromatic N) is 1. The molecule has 0 heterocycles. The van der Waals surface area contributed by atoms with Gasteiger partial charge in [0.05, 0.1) is 0 Å². The van der Waals surface area contributed by atoms with Gasteiger partial charge in [0.1, 0.15) is 0 Å². The third-order valence-corrected chi connectivity index (χ3v) is 8.00. The van der Waals surface area contributed by atoms with E-state index in [0.717, 1.165) is 5.92 Å². The Morgan fingerprint density at radius 2 is 1.62 bits per heavy atom. The maximum atomic E-state index is 2.64. The lowest BCUT2D eigenvalue weighted by molar-refractivity contribution is 0.370. The molecule has 0 amide bonds. The van der Waals surface area contributed by atoms with E-state index in [1.165, 1.54) is 72.2 Å². The zero-order valence-corrected chi connectivity index (χ0v) is 20.6. The van der Waals surface area contributed by atoms with Crippen LogP contribution in [0.1, 0.15) is 84.3 Å². The van der Waals surface area contributed by atoms with Crippen molar-refractivity contribution in [1.29, 1.82) is 0 Å². The Bertz CT molecular complexity index is 1060. The summed E-state index contributed by atoms with van der Waals surface area (Å²) in [4.78, 5) is 2.64. The molecule has 0 aromatic heterocycles. The second kappa shape index (κ2) is 7.94. The van der Waals surface area contributed by atoms with Gasteiger partial charge in [-0.1, -0.05) is 62.4 Å². The van der Waals surface area contributed by atoms with Crippen LogP contribution in [-0.4, -0.2) is 5.54 Å². The quantitative estimate of drug-likeness (QED) is 0.445. The van der Waals surface area contributed by atoms with Crippen LogP contribution in [0.5, 0.6) is 0 Å². The van der Waals surface area contributed by atoms with Crippen molar-refractivity contribution in [1.82, 2.24) is 0 Å². The molecule has 2 unspecified atom stereocenters. The average molecular weight is 426 g/mol. The fourth-order valence-electron chi connectivity index (χ4n) is 6.47. The van der Waals surface area contributed by atoms with E-state index in [-0.39, 0.29) is 11.0 Å². The lowest BCUT2D eigenvalue weighted by atomic mass is 9.78. The monoisotopic (exact) mass is 425 g/mol. The van der Waals surface area contributed by atoms with Gasteiger partial charge in [-0.3, -0.25) is 0 Å². The summed E-state index contributed by atoms with van der Waals surface area (Å²) in [5.41, 5.74) is 8.70. The van der Waals surface area contributed by atoms with Crippen molar-refractivity contribution in [2.75, 3.05) is 4.90 Å². The Kier molecular flexibility index (Phi) is 5.35. The average Bonchev–Trinajstić information content (AvgIpc) is 3.01. The molecule has 32 heavy (non-hydrogen) atoms.